The molecule has 28 heavy (non-hydrogen) atoms. The lowest BCUT2D eigenvalue weighted by Crippen LogP contribution is -2.63. The Bertz CT molecular complexity index is 831. The molecule has 2 fully saturated rings. The third-order valence-corrected chi connectivity index (χ3v) is 7.43. The molecule has 6 heteroatoms. The summed E-state index contributed by atoms with van der Waals surface area (Å²) in [6.45, 7) is 6.28. The topological polar surface area (TPSA) is 85.2 Å². The van der Waals surface area contributed by atoms with Gasteiger partial charge in [-0.05, 0) is 24.7 Å². The Morgan fingerprint density at radius 2 is 1.89 bits per heavy atom. The van der Waals surface area contributed by atoms with Crippen molar-refractivity contribution < 1.29 is 29.2 Å². The van der Waals surface area contributed by atoms with Crippen LogP contribution in [0.4, 0.5) is 0 Å². The molecule has 0 aromatic heterocycles. The maximum atomic E-state index is 13.3. The van der Waals surface area contributed by atoms with Gasteiger partial charge in [-0.2, -0.15) is 0 Å². The molecule has 4 rings (SSSR count). The number of Topliss-reactive ketones (excluding diaryl/α,β-unsaturated/α-hetero) is 1. The summed E-state index contributed by atoms with van der Waals surface area (Å²) in [5.74, 6) is -0.0777. The molecule has 0 unspecified atom stereocenters. The van der Waals surface area contributed by atoms with Crippen LogP contribution in [0.3, 0.4) is 0 Å². The summed E-state index contributed by atoms with van der Waals surface area (Å²) < 4.78 is 17.3. The van der Waals surface area contributed by atoms with Crippen molar-refractivity contribution in [3.8, 4) is 17.2 Å². The third kappa shape index (κ3) is 2.25. The molecule has 1 aromatic rings. The van der Waals surface area contributed by atoms with Gasteiger partial charge in [0.25, 0.3) is 0 Å². The highest BCUT2D eigenvalue weighted by molar-refractivity contribution is 6.04. The van der Waals surface area contributed by atoms with Crippen molar-refractivity contribution in [2.24, 2.45) is 11.3 Å². The third-order valence-electron chi connectivity index (χ3n) is 7.43. The van der Waals surface area contributed by atoms with E-state index in [4.69, 9.17) is 14.2 Å². The molecule has 2 N–H and O–H groups in total. The van der Waals surface area contributed by atoms with Crippen LogP contribution in [0.2, 0.25) is 0 Å². The number of rotatable bonds is 3. The van der Waals surface area contributed by atoms with Gasteiger partial charge in [0.1, 0.15) is 5.75 Å². The summed E-state index contributed by atoms with van der Waals surface area (Å²) in [6, 6.07) is 0. The molecule has 2 bridgehead atoms. The van der Waals surface area contributed by atoms with Crippen molar-refractivity contribution in [1.82, 2.24) is 0 Å². The minimum atomic E-state index is -0.532. The number of phenols is 2. The highest BCUT2D eigenvalue weighted by atomic mass is 16.7. The second kappa shape index (κ2) is 6.36. The van der Waals surface area contributed by atoms with Crippen LogP contribution in [0.25, 0.3) is 0 Å². The molecule has 0 amide bonds. The van der Waals surface area contributed by atoms with Gasteiger partial charge >= 0.3 is 0 Å². The maximum absolute atomic E-state index is 13.3. The smallest absolute Gasteiger partial charge is 0.167 e. The van der Waals surface area contributed by atoms with Gasteiger partial charge in [0.2, 0.25) is 0 Å². The predicted octanol–water partition coefficient (Wildman–Crippen LogP) is 3.86. The number of carbonyl (C=O) groups excluding carboxylic acids is 1. The second-order valence-electron chi connectivity index (χ2n) is 9.12. The van der Waals surface area contributed by atoms with Gasteiger partial charge in [-0.15, -0.1) is 0 Å². The van der Waals surface area contributed by atoms with Crippen LogP contribution in [0.15, 0.2) is 0 Å². The Kier molecular flexibility index (Phi) is 4.43. The van der Waals surface area contributed by atoms with Crippen LogP contribution in [0.1, 0.15) is 73.9 Å². The van der Waals surface area contributed by atoms with Crippen LogP contribution in [0, 0.1) is 11.3 Å². The van der Waals surface area contributed by atoms with Crippen LogP contribution in [-0.2, 0) is 14.9 Å². The molecule has 1 saturated heterocycles. The van der Waals surface area contributed by atoms with Gasteiger partial charge in [-0.1, -0.05) is 27.2 Å². The standard InChI is InChI=1S/C22H30O6/c1-11(2)14-17(24)15-12(23)9-13-21(3)7-6-8-22(13,10-28-20(21)27-5)16(15)18(25)19(14)26-4/h11,13,20,24-25H,6-10H2,1-5H3/t13-,20+,21-,22+/m0/s1. The average molecular weight is 390 g/mol. The maximum Gasteiger partial charge on any atom is 0.167 e. The van der Waals surface area contributed by atoms with E-state index >= 15 is 0 Å². The van der Waals surface area contributed by atoms with Gasteiger partial charge in [0.15, 0.2) is 23.6 Å². The van der Waals surface area contributed by atoms with E-state index in [2.05, 4.69) is 6.92 Å². The number of methoxy groups -OCH3 is 2. The number of benzene rings is 1. The minimum Gasteiger partial charge on any atom is -0.507 e. The van der Waals surface area contributed by atoms with Gasteiger partial charge in [-0.3, -0.25) is 4.79 Å². The zero-order chi connectivity index (χ0) is 20.4. The molecule has 0 spiro atoms. The lowest BCUT2D eigenvalue weighted by molar-refractivity contribution is -0.274. The second-order valence-corrected chi connectivity index (χ2v) is 9.12. The van der Waals surface area contributed by atoms with Crippen LogP contribution in [-0.4, -0.2) is 43.1 Å². The number of ether oxygens (including phenoxy) is 3. The monoisotopic (exact) mass is 390 g/mol. The van der Waals surface area contributed by atoms with Crippen molar-refractivity contribution in [3.05, 3.63) is 16.7 Å². The average Bonchev–Trinajstić information content (AvgIpc) is 2.63. The zero-order valence-corrected chi connectivity index (χ0v) is 17.3. The Morgan fingerprint density at radius 3 is 2.50 bits per heavy atom. The number of aromatic hydroxyl groups is 2. The van der Waals surface area contributed by atoms with Crippen molar-refractivity contribution in [2.75, 3.05) is 20.8 Å². The van der Waals surface area contributed by atoms with Gasteiger partial charge in [-0.25, -0.2) is 0 Å². The highest BCUT2D eigenvalue weighted by Gasteiger charge is 2.64. The molecule has 3 aliphatic rings. The fourth-order valence-corrected chi connectivity index (χ4v) is 6.28. The van der Waals surface area contributed by atoms with E-state index < -0.39 is 5.41 Å². The summed E-state index contributed by atoms with van der Waals surface area (Å²) in [7, 11) is 3.12. The number of hydrogen-bond acceptors (Lipinski definition) is 6. The molecule has 1 aliphatic heterocycles. The fourth-order valence-electron chi connectivity index (χ4n) is 6.28. The van der Waals surface area contributed by atoms with Crippen LogP contribution >= 0.6 is 0 Å². The number of phenolic OH excluding ortho intramolecular Hbond substituents is 2. The summed E-state index contributed by atoms with van der Waals surface area (Å²) in [4.78, 5) is 13.3. The molecule has 1 saturated carbocycles. The molecule has 6 nitrogen and oxygen atoms in total. The quantitative estimate of drug-likeness (QED) is 0.762. The molecule has 4 atom stereocenters. The summed E-state index contributed by atoms with van der Waals surface area (Å²) >= 11 is 0. The lowest BCUT2D eigenvalue weighted by atomic mass is 9.47. The van der Waals surface area contributed by atoms with E-state index in [1.54, 1.807) is 7.11 Å². The summed E-state index contributed by atoms with van der Waals surface area (Å²) in [5.41, 5.74) is 0.377. The first-order valence-corrected chi connectivity index (χ1v) is 10.1. The number of hydrogen-bond donors (Lipinski definition) is 2. The molecule has 0 radical (unpaired) electrons. The lowest BCUT2D eigenvalue weighted by Gasteiger charge is -2.61. The van der Waals surface area contributed by atoms with Crippen molar-refractivity contribution in [1.29, 1.82) is 0 Å². The van der Waals surface area contributed by atoms with E-state index in [0.29, 0.717) is 24.2 Å². The van der Waals surface area contributed by atoms with Crippen molar-refractivity contribution in [2.45, 2.75) is 64.1 Å². The Morgan fingerprint density at radius 1 is 1.18 bits per heavy atom. The summed E-state index contributed by atoms with van der Waals surface area (Å²) in [5, 5.41) is 22.4. The Balaban J connectivity index is 2.03. The molecule has 1 aromatic carbocycles. The van der Waals surface area contributed by atoms with Gasteiger partial charge < -0.3 is 24.4 Å². The molecule has 2 aliphatic carbocycles. The zero-order valence-electron chi connectivity index (χ0n) is 17.3. The van der Waals surface area contributed by atoms with Crippen LogP contribution in [0.5, 0.6) is 17.2 Å². The van der Waals surface area contributed by atoms with Gasteiger partial charge in [0, 0.05) is 35.5 Å². The predicted molar refractivity (Wildman–Crippen MR) is 103 cm³/mol. The number of carbonyl (C=O) groups is 1. The SMILES string of the molecule is COc1c(O)c2c(c(O)c1C(C)C)C(=O)C[C@@H]1[C@]23CCC[C@]1(C)[C@H](OC)OC3. The van der Waals surface area contributed by atoms with E-state index in [1.165, 1.54) is 7.11 Å². The summed E-state index contributed by atoms with van der Waals surface area (Å²) in [6.07, 6.45) is 2.57. The molecular weight excluding hydrogens is 360 g/mol. The van der Waals surface area contributed by atoms with Crippen molar-refractivity contribution >= 4 is 5.78 Å². The first-order chi connectivity index (χ1) is 13.2. The first kappa shape index (κ1) is 19.5. The largest absolute Gasteiger partial charge is 0.507 e. The number of ketones is 1. The fraction of sp³-hybridized carbons (Fsp3) is 0.682. The minimum absolute atomic E-state index is 0.0210. The first-order valence-electron chi connectivity index (χ1n) is 10.1. The molecule has 154 valence electrons. The van der Waals surface area contributed by atoms with E-state index in [-0.39, 0.29) is 52.1 Å². The van der Waals surface area contributed by atoms with E-state index in [1.807, 2.05) is 13.8 Å². The number of fused-ring (bicyclic) bond motifs is 1. The Labute approximate surface area is 165 Å². The van der Waals surface area contributed by atoms with E-state index in [9.17, 15) is 15.0 Å². The van der Waals surface area contributed by atoms with Crippen LogP contribution < -0.4 is 4.74 Å². The molecule has 1 heterocycles. The van der Waals surface area contributed by atoms with E-state index in [0.717, 1.165) is 19.3 Å². The Hall–Kier alpha value is -1.79. The molecular formula is C22H30O6. The van der Waals surface area contributed by atoms with Gasteiger partial charge in [0.05, 0.1) is 19.3 Å². The highest BCUT2D eigenvalue weighted by Crippen LogP contribution is 2.65. The normalized spacial score (nSPS) is 34.1. The van der Waals surface area contributed by atoms with Crippen molar-refractivity contribution in [3.63, 3.8) is 0 Å².